The van der Waals surface area contributed by atoms with Gasteiger partial charge in [0.25, 0.3) is 0 Å². The van der Waals surface area contributed by atoms with Crippen molar-refractivity contribution in [2.45, 2.75) is 18.3 Å². The van der Waals surface area contributed by atoms with E-state index in [-0.39, 0.29) is 5.41 Å². The Morgan fingerprint density at radius 2 is 2.07 bits per heavy atom. The highest BCUT2D eigenvalue weighted by Gasteiger charge is 2.46. The standard InChI is InChI=1S/C13H13NO/c1-14-11-5-3-2-4-10(11)8-12(14)13(9-15)6-7-13/h2-5,8-9H,6-7H2,1H3. The van der Waals surface area contributed by atoms with Gasteiger partial charge in [-0.15, -0.1) is 0 Å². The van der Waals surface area contributed by atoms with E-state index in [1.165, 1.54) is 16.6 Å². The maximum Gasteiger partial charge on any atom is 0.132 e. The number of carbonyl (C=O) groups excluding carboxylic acids is 1. The van der Waals surface area contributed by atoms with Crippen molar-refractivity contribution in [3.8, 4) is 0 Å². The van der Waals surface area contributed by atoms with Gasteiger partial charge < -0.3 is 9.36 Å². The minimum Gasteiger partial charge on any atom is -0.347 e. The van der Waals surface area contributed by atoms with Crippen LogP contribution in [0, 0.1) is 0 Å². The molecule has 15 heavy (non-hydrogen) atoms. The Kier molecular flexibility index (Phi) is 1.58. The lowest BCUT2D eigenvalue weighted by Gasteiger charge is -2.08. The lowest BCUT2D eigenvalue weighted by molar-refractivity contribution is -0.110. The Morgan fingerprint density at radius 3 is 2.67 bits per heavy atom. The quantitative estimate of drug-likeness (QED) is 0.681. The third kappa shape index (κ3) is 1.08. The number of rotatable bonds is 2. The molecule has 1 aliphatic rings. The highest BCUT2D eigenvalue weighted by Crippen LogP contribution is 2.47. The zero-order chi connectivity index (χ0) is 10.5. The second-order valence-corrected chi connectivity index (χ2v) is 4.42. The minimum absolute atomic E-state index is 0.173. The third-order valence-electron chi connectivity index (χ3n) is 3.48. The fourth-order valence-electron chi connectivity index (χ4n) is 2.34. The van der Waals surface area contributed by atoms with Crippen LogP contribution in [0.2, 0.25) is 0 Å². The normalized spacial score (nSPS) is 17.9. The molecule has 1 aromatic heterocycles. The second kappa shape index (κ2) is 2.72. The molecule has 2 aromatic rings. The molecule has 2 heteroatoms. The zero-order valence-electron chi connectivity index (χ0n) is 8.73. The molecule has 0 aliphatic heterocycles. The molecule has 0 atom stereocenters. The molecule has 2 nitrogen and oxygen atoms in total. The summed E-state index contributed by atoms with van der Waals surface area (Å²) in [4.78, 5) is 11.1. The van der Waals surface area contributed by atoms with Crippen LogP contribution in [0.5, 0.6) is 0 Å². The van der Waals surface area contributed by atoms with Crippen molar-refractivity contribution >= 4 is 17.2 Å². The van der Waals surface area contributed by atoms with Crippen molar-refractivity contribution in [1.29, 1.82) is 0 Å². The van der Waals surface area contributed by atoms with Crippen LogP contribution in [0.4, 0.5) is 0 Å². The molecular weight excluding hydrogens is 186 g/mol. The molecule has 0 amide bonds. The number of hydrogen-bond acceptors (Lipinski definition) is 1. The van der Waals surface area contributed by atoms with Crippen LogP contribution in [0.25, 0.3) is 10.9 Å². The highest BCUT2D eigenvalue weighted by atomic mass is 16.1. The topological polar surface area (TPSA) is 22.0 Å². The zero-order valence-corrected chi connectivity index (χ0v) is 8.73. The van der Waals surface area contributed by atoms with E-state index in [2.05, 4.69) is 22.8 Å². The molecule has 0 spiro atoms. The number of fused-ring (bicyclic) bond motifs is 1. The Morgan fingerprint density at radius 1 is 1.33 bits per heavy atom. The maximum atomic E-state index is 11.1. The van der Waals surface area contributed by atoms with Crippen molar-refractivity contribution in [3.05, 3.63) is 36.0 Å². The first-order chi connectivity index (χ1) is 7.27. The average molecular weight is 199 g/mol. The van der Waals surface area contributed by atoms with Gasteiger partial charge >= 0.3 is 0 Å². The van der Waals surface area contributed by atoms with E-state index in [4.69, 9.17) is 0 Å². The molecule has 1 aliphatic carbocycles. The summed E-state index contributed by atoms with van der Waals surface area (Å²) in [5, 5.41) is 1.23. The molecule has 0 bridgehead atoms. The molecule has 1 fully saturated rings. The van der Waals surface area contributed by atoms with E-state index in [1.807, 2.05) is 19.2 Å². The molecule has 3 rings (SSSR count). The van der Waals surface area contributed by atoms with Gasteiger partial charge in [-0.05, 0) is 30.4 Å². The van der Waals surface area contributed by atoms with E-state index in [1.54, 1.807) is 0 Å². The van der Waals surface area contributed by atoms with Crippen LogP contribution in [-0.2, 0) is 17.3 Å². The van der Waals surface area contributed by atoms with Gasteiger partial charge in [-0.2, -0.15) is 0 Å². The largest absolute Gasteiger partial charge is 0.347 e. The molecule has 0 N–H and O–H groups in total. The van der Waals surface area contributed by atoms with E-state index in [0.717, 1.165) is 19.1 Å². The summed E-state index contributed by atoms with van der Waals surface area (Å²) >= 11 is 0. The molecule has 76 valence electrons. The fourth-order valence-corrected chi connectivity index (χ4v) is 2.34. The van der Waals surface area contributed by atoms with E-state index < -0.39 is 0 Å². The maximum absolute atomic E-state index is 11.1. The van der Waals surface area contributed by atoms with Gasteiger partial charge in [-0.3, -0.25) is 0 Å². The van der Waals surface area contributed by atoms with Gasteiger partial charge in [-0.25, -0.2) is 0 Å². The Hall–Kier alpha value is -1.57. The summed E-state index contributed by atoms with van der Waals surface area (Å²) < 4.78 is 2.15. The lowest BCUT2D eigenvalue weighted by Crippen LogP contribution is -2.12. The summed E-state index contributed by atoms with van der Waals surface area (Å²) in [6.45, 7) is 0. The predicted octanol–water partition coefficient (Wildman–Crippen LogP) is 2.41. The van der Waals surface area contributed by atoms with Crippen molar-refractivity contribution in [3.63, 3.8) is 0 Å². The van der Waals surface area contributed by atoms with Crippen molar-refractivity contribution in [2.75, 3.05) is 0 Å². The molecule has 1 heterocycles. The second-order valence-electron chi connectivity index (χ2n) is 4.42. The van der Waals surface area contributed by atoms with Gasteiger partial charge in [0.15, 0.2) is 0 Å². The smallest absolute Gasteiger partial charge is 0.132 e. The van der Waals surface area contributed by atoms with Crippen LogP contribution in [0.3, 0.4) is 0 Å². The van der Waals surface area contributed by atoms with Gasteiger partial charge in [0.2, 0.25) is 0 Å². The van der Waals surface area contributed by atoms with Gasteiger partial charge in [0, 0.05) is 18.3 Å². The summed E-state index contributed by atoms with van der Waals surface area (Å²) in [7, 11) is 2.04. The molecule has 0 saturated heterocycles. The van der Waals surface area contributed by atoms with Gasteiger partial charge in [-0.1, -0.05) is 18.2 Å². The molecule has 1 aromatic carbocycles. The van der Waals surface area contributed by atoms with Crippen LogP contribution < -0.4 is 0 Å². The molecule has 1 saturated carbocycles. The van der Waals surface area contributed by atoms with E-state index >= 15 is 0 Å². The number of nitrogens with zero attached hydrogens (tertiary/aromatic N) is 1. The Balaban J connectivity index is 2.28. The molecule has 0 radical (unpaired) electrons. The van der Waals surface area contributed by atoms with E-state index in [0.29, 0.717) is 0 Å². The van der Waals surface area contributed by atoms with Crippen molar-refractivity contribution < 1.29 is 4.79 Å². The average Bonchev–Trinajstić information content (AvgIpc) is 3.00. The number of aldehydes is 1. The SMILES string of the molecule is Cn1c(C2(C=O)CC2)cc2ccccc21. The third-order valence-corrected chi connectivity index (χ3v) is 3.48. The van der Waals surface area contributed by atoms with Crippen molar-refractivity contribution in [2.24, 2.45) is 7.05 Å². The number of carbonyl (C=O) groups is 1. The lowest BCUT2D eigenvalue weighted by atomic mass is 10.1. The Bertz CT molecular complexity index is 534. The van der Waals surface area contributed by atoms with Crippen LogP contribution in [0.1, 0.15) is 18.5 Å². The number of para-hydroxylation sites is 1. The summed E-state index contributed by atoms with van der Waals surface area (Å²) in [6, 6.07) is 10.4. The number of aryl methyl sites for hydroxylation is 1. The first kappa shape index (κ1) is 8.72. The van der Waals surface area contributed by atoms with Gasteiger partial charge in [0.1, 0.15) is 6.29 Å². The number of benzene rings is 1. The van der Waals surface area contributed by atoms with Gasteiger partial charge in [0.05, 0.1) is 5.41 Å². The van der Waals surface area contributed by atoms with Crippen molar-refractivity contribution in [1.82, 2.24) is 4.57 Å². The van der Waals surface area contributed by atoms with E-state index in [9.17, 15) is 4.79 Å². The predicted molar refractivity (Wildman–Crippen MR) is 59.9 cm³/mol. The Labute approximate surface area is 88.5 Å². The van der Waals surface area contributed by atoms with Crippen LogP contribution in [-0.4, -0.2) is 10.9 Å². The summed E-state index contributed by atoms with van der Waals surface area (Å²) in [5.74, 6) is 0. The minimum atomic E-state index is -0.173. The number of aromatic nitrogens is 1. The highest BCUT2D eigenvalue weighted by molar-refractivity contribution is 5.84. The van der Waals surface area contributed by atoms with Crippen LogP contribution in [0.15, 0.2) is 30.3 Å². The summed E-state index contributed by atoms with van der Waals surface area (Å²) in [6.07, 6.45) is 3.11. The first-order valence-corrected chi connectivity index (χ1v) is 5.28. The molecular formula is C13H13NO. The molecule has 0 unspecified atom stereocenters. The number of hydrogen-bond donors (Lipinski definition) is 0. The first-order valence-electron chi connectivity index (χ1n) is 5.28. The fraction of sp³-hybridized carbons (Fsp3) is 0.308. The van der Waals surface area contributed by atoms with Crippen LogP contribution >= 0.6 is 0 Å². The summed E-state index contributed by atoms with van der Waals surface area (Å²) in [5.41, 5.74) is 2.20. The monoisotopic (exact) mass is 199 g/mol.